The van der Waals surface area contributed by atoms with E-state index in [0.717, 1.165) is 0 Å². The molecular formula is C33H29F3P2Pd. The van der Waals surface area contributed by atoms with Gasteiger partial charge < -0.3 is 13.2 Å². The van der Waals surface area contributed by atoms with Crippen LogP contribution in [-0.2, 0) is 20.4 Å². The molecule has 39 heavy (non-hydrogen) atoms. The maximum absolute atomic E-state index is 9.58. The van der Waals surface area contributed by atoms with E-state index < -0.39 is 6.68 Å². The van der Waals surface area contributed by atoms with Crippen LogP contribution in [0.4, 0.5) is 13.2 Å². The normalized spacial score (nSPS) is 10.1. The van der Waals surface area contributed by atoms with Crippen molar-refractivity contribution in [1.82, 2.24) is 0 Å². The van der Waals surface area contributed by atoms with E-state index in [-0.39, 0.29) is 36.3 Å². The number of rotatable bonds is 7. The van der Waals surface area contributed by atoms with E-state index in [1.165, 1.54) is 33.5 Å². The van der Waals surface area contributed by atoms with E-state index in [1.807, 2.05) is 30.3 Å². The summed E-state index contributed by atoms with van der Waals surface area (Å²) in [5.74, 6) is 0. The molecule has 0 nitrogen and oxygen atoms in total. The third-order valence-electron chi connectivity index (χ3n) is 5.43. The molecule has 5 aromatic carbocycles. The van der Waals surface area contributed by atoms with Crippen molar-refractivity contribution in [2.45, 2.75) is 0 Å². The smallest absolute Gasteiger partial charge is 0.385 e. The van der Waals surface area contributed by atoms with Crippen molar-refractivity contribution in [3.05, 3.63) is 164 Å². The van der Waals surface area contributed by atoms with E-state index in [2.05, 4.69) is 127 Å². The molecule has 6 heteroatoms. The van der Waals surface area contributed by atoms with E-state index in [0.29, 0.717) is 0 Å². The van der Waals surface area contributed by atoms with Gasteiger partial charge in [0.2, 0.25) is 0 Å². The van der Waals surface area contributed by atoms with Crippen LogP contribution in [0.15, 0.2) is 152 Å². The molecule has 0 saturated carbocycles. The van der Waals surface area contributed by atoms with Crippen molar-refractivity contribution in [2.75, 3.05) is 12.3 Å². The van der Waals surface area contributed by atoms with Gasteiger partial charge in [-0.2, -0.15) is 36.4 Å². The molecular weight excluding hydrogens is 622 g/mol. The second kappa shape index (κ2) is 19.5. The monoisotopic (exact) mass is 650 g/mol. The number of halogens is 3. The van der Waals surface area contributed by atoms with Crippen molar-refractivity contribution < 1.29 is 33.6 Å². The van der Waals surface area contributed by atoms with Crippen molar-refractivity contribution >= 4 is 37.1 Å². The Morgan fingerprint density at radius 1 is 0.436 bits per heavy atom. The van der Waals surface area contributed by atoms with Gasteiger partial charge in [-0.3, -0.25) is 0 Å². The molecule has 0 heterocycles. The van der Waals surface area contributed by atoms with Gasteiger partial charge >= 0.3 is 20.4 Å². The summed E-state index contributed by atoms with van der Waals surface area (Å²) in [6.07, 6.45) is 2.41. The van der Waals surface area contributed by atoms with Crippen molar-refractivity contribution in [2.24, 2.45) is 0 Å². The largest absolute Gasteiger partial charge is 2.00 e. The first-order valence-corrected chi connectivity index (χ1v) is 15.2. The molecule has 0 N–H and O–H groups in total. The summed E-state index contributed by atoms with van der Waals surface area (Å²) in [7, 11) is -0.696. The van der Waals surface area contributed by atoms with Crippen LogP contribution < -0.4 is 21.2 Å². The topological polar surface area (TPSA) is 0 Å². The average molecular weight is 651 g/mol. The Hall–Kier alpha value is -2.59. The Morgan fingerprint density at radius 3 is 0.846 bits per heavy atom. The van der Waals surface area contributed by atoms with Crippen LogP contribution in [0.5, 0.6) is 0 Å². The Labute approximate surface area is 246 Å². The van der Waals surface area contributed by atoms with Crippen molar-refractivity contribution in [3.8, 4) is 0 Å². The van der Waals surface area contributed by atoms with E-state index in [4.69, 9.17) is 0 Å². The van der Waals surface area contributed by atoms with Gasteiger partial charge in [-0.05, 0) is 49.4 Å². The third-order valence-corrected chi connectivity index (χ3v) is 10.8. The summed E-state index contributed by atoms with van der Waals surface area (Å²) >= 11 is 0. The molecule has 0 radical (unpaired) electrons. The molecule has 0 spiro atoms. The van der Waals surface area contributed by atoms with Crippen molar-refractivity contribution in [3.63, 3.8) is 0 Å². The second-order valence-corrected chi connectivity index (χ2v) is 12.6. The van der Waals surface area contributed by atoms with Gasteiger partial charge in [0.15, 0.2) is 6.68 Å². The zero-order valence-electron chi connectivity index (χ0n) is 21.2. The Morgan fingerprint density at radius 2 is 0.667 bits per heavy atom. The predicted molar refractivity (Wildman–Crippen MR) is 160 cm³/mol. The molecule has 0 aliphatic carbocycles. The second-order valence-electron chi connectivity index (χ2n) is 7.94. The zero-order chi connectivity index (χ0) is 26.8. The first-order valence-electron chi connectivity index (χ1n) is 12.1. The van der Waals surface area contributed by atoms with Crippen LogP contribution in [0, 0.1) is 12.7 Å². The fraction of sp³-hybridized carbons (Fsp3) is 0.0606. The van der Waals surface area contributed by atoms with Crippen LogP contribution in [0.1, 0.15) is 0 Å². The Bertz CT molecular complexity index is 1060. The molecule has 0 atom stereocenters. The fourth-order valence-electron chi connectivity index (χ4n) is 3.79. The minimum absolute atomic E-state index is 0. The van der Waals surface area contributed by atoms with E-state index in [1.54, 1.807) is 0 Å². The van der Waals surface area contributed by atoms with E-state index in [9.17, 15) is 13.2 Å². The van der Waals surface area contributed by atoms with E-state index >= 15 is 0 Å². The first kappa shape index (κ1) is 32.6. The van der Waals surface area contributed by atoms with Gasteiger partial charge in [-0.25, -0.2) is 0 Å². The molecule has 0 aliphatic rings. The molecule has 0 fully saturated rings. The molecule has 0 saturated heterocycles. The van der Waals surface area contributed by atoms with Gasteiger partial charge in [0.05, 0.1) is 0 Å². The molecule has 0 aliphatic heterocycles. The minimum atomic E-state index is -3.08. The maximum Gasteiger partial charge on any atom is 2.00 e. The van der Waals surface area contributed by atoms with Gasteiger partial charge in [0.1, 0.15) is 0 Å². The number of hydrogen-bond acceptors (Lipinski definition) is 0. The number of benzene rings is 5. The van der Waals surface area contributed by atoms with Gasteiger partial charge in [0.25, 0.3) is 0 Å². The summed E-state index contributed by atoms with van der Waals surface area (Å²) in [5, 5.41) is 5.89. The van der Waals surface area contributed by atoms with Gasteiger partial charge in [-0.15, -0.1) is 0 Å². The Kier molecular flexibility index (Phi) is 16.3. The summed E-state index contributed by atoms with van der Waals surface area (Å²) in [5.41, 5.74) is 0. The number of hydrogen-bond donors (Lipinski definition) is 0. The summed E-state index contributed by atoms with van der Waals surface area (Å²) < 4.78 is 28.8. The van der Waals surface area contributed by atoms with Crippen LogP contribution in [0.25, 0.3) is 0 Å². The zero-order valence-corrected chi connectivity index (χ0v) is 24.5. The Balaban J connectivity index is 0.000000411. The summed E-state index contributed by atoms with van der Waals surface area (Å²) in [6.45, 7) is -3.08. The first-order chi connectivity index (χ1) is 18.6. The quantitative estimate of drug-likeness (QED) is 0.0950. The summed E-state index contributed by atoms with van der Waals surface area (Å²) in [6, 6.07) is 56.7. The molecule has 202 valence electrons. The predicted octanol–water partition coefficient (Wildman–Crippen LogP) is 8.08. The van der Waals surface area contributed by atoms with Gasteiger partial charge in [0, 0.05) is 0 Å². The molecule has 5 aromatic rings. The average Bonchev–Trinajstić information content (AvgIpc) is 2.98. The molecule has 0 bridgehead atoms. The molecule has 0 amide bonds. The van der Waals surface area contributed by atoms with Crippen LogP contribution in [-0.4, -0.2) is 12.3 Å². The fourth-order valence-corrected chi connectivity index (χ4v) is 9.15. The standard InChI is InChI=1S/C26H24P2.C6H5.CF3.Pd/c1-5-13-23(14-6-1)27(24-15-7-2-8-16-24)21-22-28(25-17-9-3-10-18-25)26-19-11-4-12-20-26;1-2-4-6-5-3-1;2-1(3)4;/h1-20H,21-22H2;1-5H;;/q;2*-1;+2. The molecule has 0 unspecified atom stereocenters. The third kappa shape index (κ3) is 12.4. The van der Waals surface area contributed by atoms with Crippen LogP contribution >= 0.6 is 15.8 Å². The minimum Gasteiger partial charge on any atom is -0.385 e. The van der Waals surface area contributed by atoms with Gasteiger partial charge in [-0.1, -0.05) is 121 Å². The van der Waals surface area contributed by atoms with Crippen LogP contribution in [0.2, 0.25) is 0 Å². The molecule has 5 rings (SSSR count). The van der Waals surface area contributed by atoms with Crippen LogP contribution in [0.3, 0.4) is 0 Å². The summed E-state index contributed by atoms with van der Waals surface area (Å²) in [4.78, 5) is 0. The SMILES string of the molecule is F[C-](F)F.[Pd+2].[c-]1ccccc1.c1ccc(P(CCP(c2ccccc2)c2ccccc2)c2ccccc2)cc1. The maximum atomic E-state index is 9.58. The molecule has 0 aromatic heterocycles. The van der Waals surface area contributed by atoms with Crippen molar-refractivity contribution in [1.29, 1.82) is 0 Å².